The van der Waals surface area contributed by atoms with Gasteiger partial charge in [0.15, 0.2) is 11.5 Å². The summed E-state index contributed by atoms with van der Waals surface area (Å²) in [5, 5.41) is 12.5. The Labute approximate surface area is 257 Å². The maximum atomic E-state index is 13.5. The maximum absolute atomic E-state index is 13.5. The lowest BCUT2D eigenvalue weighted by Crippen LogP contribution is -2.39. The van der Waals surface area contributed by atoms with Gasteiger partial charge in [-0.15, -0.1) is 0 Å². The number of piperidine rings is 1. The van der Waals surface area contributed by atoms with Crippen LogP contribution in [0.4, 0.5) is 16.0 Å². The number of imidazole rings is 1. The molecule has 0 radical (unpaired) electrons. The van der Waals surface area contributed by atoms with E-state index in [9.17, 15) is 4.39 Å². The van der Waals surface area contributed by atoms with Gasteiger partial charge in [-0.05, 0) is 67.4 Å². The van der Waals surface area contributed by atoms with Crippen molar-refractivity contribution >= 4 is 22.8 Å². The second-order valence-corrected chi connectivity index (χ2v) is 10.7. The molecule has 0 aliphatic carbocycles. The molecule has 0 spiro atoms. The lowest BCUT2D eigenvalue weighted by Gasteiger charge is -2.32. The zero-order chi connectivity index (χ0) is 30.8. The van der Waals surface area contributed by atoms with Gasteiger partial charge in [0.25, 0.3) is 0 Å². The first-order valence-electron chi connectivity index (χ1n) is 14.4. The number of likely N-dealkylation sites (tertiary alicyclic amines) is 1. The number of nitrogens with zero attached hydrogens (tertiary/aromatic N) is 10. The Balaban J connectivity index is 1.13. The van der Waals surface area contributed by atoms with Crippen LogP contribution in [-0.4, -0.2) is 63.5 Å². The summed E-state index contributed by atoms with van der Waals surface area (Å²) in [6, 6.07) is 18.4. The van der Waals surface area contributed by atoms with Crippen molar-refractivity contribution in [1.82, 2.24) is 44.4 Å². The van der Waals surface area contributed by atoms with E-state index in [0.29, 0.717) is 52.1 Å². The van der Waals surface area contributed by atoms with Crippen LogP contribution >= 0.6 is 0 Å². The van der Waals surface area contributed by atoms with E-state index in [1.807, 2.05) is 53.2 Å². The maximum Gasteiger partial charge on any atom is 0.234 e. The third-order valence-electron chi connectivity index (χ3n) is 7.72. The minimum atomic E-state index is -0.413. The van der Waals surface area contributed by atoms with Crippen molar-refractivity contribution < 1.29 is 4.39 Å². The summed E-state index contributed by atoms with van der Waals surface area (Å²) < 4.78 is 15.4. The minimum Gasteiger partial charge on any atom is -0.383 e. The van der Waals surface area contributed by atoms with Crippen molar-refractivity contribution in [2.75, 3.05) is 24.1 Å². The fourth-order valence-electron chi connectivity index (χ4n) is 5.47. The van der Waals surface area contributed by atoms with Gasteiger partial charge in [0.05, 0.1) is 40.7 Å². The molecular formula is C32H27FN12. The summed E-state index contributed by atoms with van der Waals surface area (Å²) in [6.45, 7) is 2.51. The number of rotatable bonds is 7. The minimum absolute atomic E-state index is 0.160. The van der Waals surface area contributed by atoms with Gasteiger partial charge in [-0.2, -0.15) is 5.26 Å². The molecule has 0 bridgehead atoms. The number of anilines is 2. The van der Waals surface area contributed by atoms with Crippen LogP contribution in [0.1, 0.15) is 24.4 Å². The van der Waals surface area contributed by atoms with Crippen LogP contribution in [0.15, 0.2) is 79.4 Å². The van der Waals surface area contributed by atoms with E-state index < -0.39 is 5.82 Å². The lowest BCUT2D eigenvalue weighted by molar-refractivity contribution is 0.209. The van der Waals surface area contributed by atoms with E-state index in [4.69, 9.17) is 25.9 Å². The van der Waals surface area contributed by atoms with Gasteiger partial charge in [0.1, 0.15) is 29.0 Å². The predicted molar refractivity (Wildman–Crippen MR) is 166 cm³/mol. The molecule has 13 heteroatoms. The number of halogens is 1. The molecule has 0 saturated carbocycles. The smallest absolute Gasteiger partial charge is 0.234 e. The molecule has 1 aliphatic rings. The number of aromatic nitrogens is 8. The molecule has 7 heterocycles. The summed E-state index contributed by atoms with van der Waals surface area (Å²) in [4.78, 5) is 33.6. The highest BCUT2D eigenvalue weighted by atomic mass is 19.1. The molecule has 6 aromatic rings. The zero-order valence-corrected chi connectivity index (χ0v) is 24.0. The van der Waals surface area contributed by atoms with Crippen LogP contribution in [0.5, 0.6) is 0 Å². The number of nitrogens with one attached hydrogen (secondary N) is 1. The number of nitrogen functional groups attached to an aromatic ring is 1. The summed E-state index contributed by atoms with van der Waals surface area (Å²) in [7, 11) is 0. The number of pyridine rings is 4. The molecule has 12 nitrogen and oxygen atoms in total. The Morgan fingerprint density at radius 2 is 1.76 bits per heavy atom. The van der Waals surface area contributed by atoms with Crippen LogP contribution in [0.25, 0.3) is 39.6 Å². The predicted octanol–water partition coefficient (Wildman–Crippen LogP) is 4.40. The number of hydrogen-bond acceptors (Lipinski definition) is 11. The first-order chi connectivity index (χ1) is 22.0. The average Bonchev–Trinajstić information content (AvgIpc) is 3.45. The summed E-state index contributed by atoms with van der Waals surface area (Å²) >= 11 is 0. The monoisotopic (exact) mass is 598 g/mol. The van der Waals surface area contributed by atoms with Crippen molar-refractivity contribution in [2.24, 2.45) is 0 Å². The Hall–Kier alpha value is -5.87. The van der Waals surface area contributed by atoms with Gasteiger partial charge in [-0.1, -0.05) is 0 Å². The molecular weight excluding hydrogens is 571 g/mol. The quantitative estimate of drug-likeness (QED) is 0.268. The molecule has 1 aliphatic heterocycles. The molecule has 7 rings (SSSR count). The molecule has 3 N–H and O–H groups in total. The van der Waals surface area contributed by atoms with Crippen molar-refractivity contribution in [1.29, 1.82) is 5.26 Å². The first-order valence-corrected chi connectivity index (χ1v) is 14.4. The normalized spacial score (nSPS) is 14.0. The molecule has 1 saturated heterocycles. The van der Waals surface area contributed by atoms with Gasteiger partial charge in [-0.25, -0.2) is 29.3 Å². The third-order valence-corrected chi connectivity index (χ3v) is 7.72. The number of fused-ring (bicyclic) bond motifs is 1. The molecule has 45 heavy (non-hydrogen) atoms. The highest BCUT2D eigenvalue weighted by Gasteiger charge is 2.22. The molecule has 0 amide bonds. The summed E-state index contributed by atoms with van der Waals surface area (Å²) in [5.41, 5.74) is 11.0. The SMILES string of the molecule is N#Cc1nccc(NC2CCN(Cc3ccc(-n4c(-c5cccnc5N)nc5ccc(-c6ccc(F)cn6)nc54)cn3)CC2)n1. The number of nitrogens with two attached hydrogens (primary N) is 1. The topological polar surface area (TPSA) is 160 Å². The second-order valence-electron chi connectivity index (χ2n) is 10.7. The molecule has 0 unspecified atom stereocenters. The van der Waals surface area contributed by atoms with Crippen molar-refractivity contribution in [2.45, 2.75) is 25.4 Å². The fraction of sp³-hybridized carbons (Fsp3) is 0.188. The van der Waals surface area contributed by atoms with E-state index >= 15 is 0 Å². The Bertz CT molecular complexity index is 2010. The van der Waals surface area contributed by atoms with Crippen LogP contribution in [-0.2, 0) is 6.54 Å². The van der Waals surface area contributed by atoms with Crippen LogP contribution in [0, 0.1) is 17.1 Å². The highest BCUT2D eigenvalue weighted by Crippen LogP contribution is 2.31. The molecule has 0 atom stereocenters. The second kappa shape index (κ2) is 12.0. The van der Waals surface area contributed by atoms with E-state index in [-0.39, 0.29) is 11.9 Å². The van der Waals surface area contributed by atoms with Crippen LogP contribution in [0.2, 0.25) is 0 Å². The number of nitriles is 1. The first kappa shape index (κ1) is 27.9. The van der Waals surface area contributed by atoms with E-state index in [0.717, 1.165) is 37.3 Å². The Morgan fingerprint density at radius 1 is 0.889 bits per heavy atom. The van der Waals surface area contributed by atoms with Crippen LogP contribution in [0.3, 0.4) is 0 Å². The molecule has 0 aromatic carbocycles. The Kier molecular flexibility index (Phi) is 7.46. The van der Waals surface area contributed by atoms with E-state index in [1.165, 1.54) is 12.3 Å². The molecule has 1 fully saturated rings. The van der Waals surface area contributed by atoms with E-state index in [2.05, 4.69) is 30.2 Å². The molecule has 222 valence electrons. The van der Waals surface area contributed by atoms with Gasteiger partial charge < -0.3 is 11.1 Å². The Morgan fingerprint density at radius 3 is 2.51 bits per heavy atom. The largest absolute Gasteiger partial charge is 0.383 e. The summed E-state index contributed by atoms with van der Waals surface area (Å²) in [6.07, 6.45) is 8.10. The highest BCUT2D eigenvalue weighted by molar-refractivity contribution is 5.84. The fourth-order valence-corrected chi connectivity index (χ4v) is 5.47. The standard InChI is InChI=1S/C32H27FN12/c33-20-3-6-25(39-17-20)26-7-8-27-32(41-26)45(31(42-27)24-2-1-12-37-30(24)35)23-5-4-22(38-18-23)19-44-14-10-21(11-15-44)40-28-9-13-36-29(16-34)43-28/h1-9,12-13,17-18,21H,10-11,14-15,19H2,(H2,35,37)(H,36,40,43). The van der Waals surface area contributed by atoms with Gasteiger partial charge >= 0.3 is 0 Å². The molecule has 6 aromatic heterocycles. The zero-order valence-electron chi connectivity index (χ0n) is 24.0. The van der Waals surface area contributed by atoms with Crippen molar-refractivity contribution in [3.05, 3.63) is 96.7 Å². The van der Waals surface area contributed by atoms with Crippen LogP contribution < -0.4 is 11.1 Å². The van der Waals surface area contributed by atoms with Crippen molar-refractivity contribution in [3.8, 4) is 34.5 Å². The van der Waals surface area contributed by atoms with E-state index in [1.54, 1.807) is 24.5 Å². The van der Waals surface area contributed by atoms with Crippen molar-refractivity contribution in [3.63, 3.8) is 0 Å². The van der Waals surface area contributed by atoms with Gasteiger partial charge in [0.2, 0.25) is 5.82 Å². The average molecular weight is 599 g/mol. The van der Waals surface area contributed by atoms with Gasteiger partial charge in [-0.3, -0.25) is 19.4 Å². The third kappa shape index (κ3) is 5.86. The number of hydrogen-bond donors (Lipinski definition) is 2. The lowest BCUT2D eigenvalue weighted by atomic mass is 10.0. The summed E-state index contributed by atoms with van der Waals surface area (Å²) in [5.74, 6) is 1.35. The van der Waals surface area contributed by atoms with Gasteiger partial charge in [0, 0.05) is 38.1 Å².